The topological polar surface area (TPSA) is 44.8 Å². The van der Waals surface area contributed by atoms with Crippen LogP contribution in [0.2, 0.25) is 0 Å². The van der Waals surface area contributed by atoms with Gasteiger partial charge >= 0.3 is 0 Å². The van der Waals surface area contributed by atoms with E-state index in [4.69, 9.17) is 4.74 Å². The van der Waals surface area contributed by atoms with E-state index < -0.39 is 0 Å². The summed E-state index contributed by atoms with van der Waals surface area (Å²) >= 11 is 0. The van der Waals surface area contributed by atoms with E-state index in [2.05, 4.69) is 42.6 Å². The molecule has 0 aromatic heterocycles. The highest BCUT2D eigenvalue weighted by molar-refractivity contribution is 5.14. The zero-order valence-electron chi connectivity index (χ0n) is 18.1. The van der Waals surface area contributed by atoms with Gasteiger partial charge in [0.05, 0.1) is 6.61 Å². The normalized spacial score (nSPS) is 19.6. The number of aliphatic hydroxyl groups excluding tert-OH is 1. The number of unbranched alkanes of at least 4 members (excludes halogenated alkanes) is 11. The molecule has 0 amide bonds. The highest BCUT2D eigenvalue weighted by Crippen LogP contribution is 2.28. The summed E-state index contributed by atoms with van der Waals surface area (Å²) in [5, 5.41) is 13.0. The summed E-state index contributed by atoms with van der Waals surface area (Å²) in [5.74, 6) is 0. The van der Waals surface area contributed by atoms with Crippen LogP contribution in [0, 0.1) is 0 Å². The average Bonchev–Trinajstić information content (AvgIpc) is 3.51. The van der Waals surface area contributed by atoms with Crippen LogP contribution < -0.4 is 5.32 Å². The maximum absolute atomic E-state index is 9.33. The fraction of sp³-hybridized carbons (Fsp3) is 0.760. The van der Waals surface area contributed by atoms with E-state index >= 15 is 0 Å². The van der Waals surface area contributed by atoms with Gasteiger partial charge in [-0.2, -0.15) is 0 Å². The predicted octanol–water partition coefficient (Wildman–Crippen LogP) is 6.00. The Morgan fingerprint density at radius 1 is 0.857 bits per heavy atom. The molecular weight excluding hydrogens is 346 g/mol. The second kappa shape index (κ2) is 15.0. The summed E-state index contributed by atoms with van der Waals surface area (Å²) in [5.41, 5.74) is 1.31. The van der Waals surface area contributed by atoms with Crippen LogP contribution in [0.4, 0.5) is 0 Å². The maximum Gasteiger partial charge on any atom is 0.109 e. The fourth-order valence-electron chi connectivity index (χ4n) is 4.09. The molecule has 0 aliphatic carbocycles. The Morgan fingerprint density at radius 3 is 1.96 bits per heavy atom. The molecule has 2 N–H and O–H groups in total. The molecule has 1 aromatic rings. The van der Waals surface area contributed by atoms with Crippen LogP contribution >= 0.6 is 0 Å². The third kappa shape index (κ3) is 10.0. The van der Waals surface area contributed by atoms with Crippen molar-refractivity contribution in [1.29, 1.82) is 0 Å². The third-order valence-corrected chi connectivity index (χ3v) is 5.98. The van der Waals surface area contributed by atoms with E-state index in [1.54, 1.807) is 0 Å². The number of nitrogens with one attached hydrogen (secondary N) is 1. The van der Waals surface area contributed by atoms with Gasteiger partial charge in [-0.25, -0.2) is 0 Å². The Morgan fingerprint density at radius 2 is 1.43 bits per heavy atom. The summed E-state index contributed by atoms with van der Waals surface area (Å²) < 4.78 is 5.66. The lowest BCUT2D eigenvalue weighted by Crippen LogP contribution is -2.35. The van der Waals surface area contributed by atoms with Crippen molar-refractivity contribution in [2.45, 2.75) is 115 Å². The van der Waals surface area contributed by atoms with Gasteiger partial charge in [0.25, 0.3) is 0 Å². The molecule has 1 saturated heterocycles. The number of hydrogen-bond acceptors (Lipinski definition) is 3. The van der Waals surface area contributed by atoms with E-state index in [0.717, 1.165) is 13.0 Å². The lowest BCUT2D eigenvalue weighted by atomic mass is 10.0. The minimum atomic E-state index is 0.0469. The van der Waals surface area contributed by atoms with E-state index in [9.17, 15) is 5.11 Å². The number of benzene rings is 1. The van der Waals surface area contributed by atoms with Crippen molar-refractivity contribution in [2.75, 3.05) is 6.61 Å². The Kier molecular flexibility index (Phi) is 12.5. The second-order valence-electron chi connectivity index (χ2n) is 8.47. The highest BCUT2D eigenvalue weighted by atomic mass is 16.6. The van der Waals surface area contributed by atoms with Crippen LogP contribution in [0.25, 0.3) is 0 Å². The third-order valence-electron chi connectivity index (χ3n) is 5.98. The molecule has 28 heavy (non-hydrogen) atoms. The molecule has 0 saturated carbocycles. The van der Waals surface area contributed by atoms with Gasteiger partial charge in [-0.05, 0) is 12.0 Å². The molecule has 2 rings (SSSR count). The molecule has 3 nitrogen and oxygen atoms in total. The van der Waals surface area contributed by atoms with Gasteiger partial charge in [-0.3, -0.25) is 0 Å². The van der Waals surface area contributed by atoms with Crippen molar-refractivity contribution in [3.63, 3.8) is 0 Å². The maximum atomic E-state index is 9.33. The molecule has 0 radical (unpaired) electrons. The highest BCUT2D eigenvalue weighted by Gasteiger charge is 2.43. The molecule has 1 aromatic carbocycles. The molecule has 3 atom stereocenters. The van der Waals surface area contributed by atoms with Crippen LogP contribution in [0.1, 0.15) is 96.0 Å². The fourth-order valence-corrected chi connectivity index (χ4v) is 4.09. The number of aliphatic hydroxyl groups is 1. The predicted molar refractivity (Wildman–Crippen MR) is 119 cm³/mol. The van der Waals surface area contributed by atoms with Crippen molar-refractivity contribution < 1.29 is 9.84 Å². The van der Waals surface area contributed by atoms with Crippen molar-refractivity contribution in [2.24, 2.45) is 0 Å². The summed E-state index contributed by atoms with van der Waals surface area (Å²) in [7, 11) is 0. The summed E-state index contributed by atoms with van der Waals surface area (Å²) in [6.45, 7) is 3.30. The van der Waals surface area contributed by atoms with Crippen molar-refractivity contribution >= 4 is 0 Å². The minimum absolute atomic E-state index is 0.0469. The van der Waals surface area contributed by atoms with Gasteiger partial charge in [0.1, 0.15) is 12.2 Å². The molecule has 0 bridgehead atoms. The lowest BCUT2D eigenvalue weighted by Gasteiger charge is -2.17. The van der Waals surface area contributed by atoms with E-state index in [0.29, 0.717) is 6.04 Å². The minimum Gasteiger partial charge on any atom is -0.394 e. The van der Waals surface area contributed by atoms with Crippen LogP contribution in [-0.2, 0) is 11.3 Å². The first kappa shape index (κ1) is 23.4. The van der Waals surface area contributed by atoms with Gasteiger partial charge < -0.3 is 15.2 Å². The Labute approximate surface area is 173 Å². The largest absolute Gasteiger partial charge is 0.394 e. The first-order valence-corrected chi connectivity index (χ1v) is 11.9. The Balaban J connectivity index is 1.49. The molecule has 0 unspecified atom stereocenters. The summed E-state index contributed by atoms with van der Waals surface area (Å²) in [6.07, 6.45) is 18.0. The van der Waals surface area contributed by atoms with Crippen LogP contribution in [0.15, 0.2) is 30.3 Å². The van der Waals surface area contributed by atoms with Gasteiger partial charge in [0, 0.05) is 12.6 Å². The standard InChI is InChI=1S/C25H43NO2/c1-2-3-4-5-6-7-8-9-10-11-12-16-19-23(25-24(21-27)28-25)26-20-22-17-14-13-15-18-22/h13-15,17-18,23-27H,2-12,16,19-21H2,1H3/t23-,24+,25-/m0/s1. The molecule has 1 fully saturated rings. The number of hydrogen-bond donors (Lipinski definition) is 2. The molecule has 1 aliphatic heterocycles. The molecule has 0 spiro atoms. The smallest absolute Gasteiger partial charge is 0.109 e. The van der Waals surface area contributed by atoms with Gasteiger partial charge in [-0.1, -0.05) is 114 Å². The van der Waals surface area contributed by atoms with Crippen LogP contribution in [0.5, 0.6) is 0 Å². The van der Waals surface area contributed by atoms with Crippen LogP contribution in [-0.4, -0.2) is 30.0 Å². The second-order valence-corrected chi connectivity index (χ2v) is 8.47. The van der Waals surface area contributed by atoms with Crippen molar-refractivity contribution in [3.05, 3.63) is 35.9 Å². The molecule has 1 heterocycles. The Bertz CT molecular complexity index is 479. The first-order valence-electron chi connectivity index (χ1n) is 11.9. The SMILES string of the molecule is CCCCCCCCCCCCCC[C@H](NCc1ccccc1)[C@@H]1O[C@@H]1CO. The zero-order valence-corrected chi connectivity index (χ0v) is 18.1. The Hall–Kier alpha value is -0.900. The zero-order chi connectivity index (χ0) is 19.9. The van der Waals surface area contributed by atoms with E-state index in [1.165, 1.54) is 82.6 Å². The van der Waals surface area contributed by atoms with Crippen LogP contribution in [0.3, 0.4) is 0 Å². The summed E-state index contributed by atoms with van der Waals surface area (Å²) in [6, 6.07) is 10.9. The monoisotopic (exact) mass is 389 g/mol. The lowest BCUT2D eigenvalue weighted by molar-refractivity contribution is 0.239. The number of rotatable bonds is 18. The number of ether oxygens (including phenoxy) is 1. The molecule has 160 valence electrons. The van der Waals surface area contributed by atoms with Gasteiger partial charge in [-0.15, -0.1) is 0 Å². The number of epoxide rings is 1. The quantitative estimate of drug-likeness (QED) is 0.239. The van der Waals surface area contributed by atoms with Gasteiger partial charge in [0.2, 0.25) is 0 Å². The van der Waals surface area contributed by atoms with E-state index in [-0.39, 0.29) is 18.8 Å². The van der Waals surface area contributed by atoms with Crippen molar-refractivity contribution in [1.82, 2.24) is 5.32 Å². The average molecular weight is 390 g/mol. The molecule has 1 aliphatic rings. The van der Waals surface area contributed by atoms with Crippen molar-refractivity contribution in [3.8, 4) is 0 Å². The molecule has 3 heteroatoms. The molecular formula is C25H43NO2. The van der Waals surface area contributed by atoms with E-state index in [1.807, 2.05) is 0 Å². The van der Waals surface area contributed by atoms with Gasteiger partial charge in [0.15, 0.2) is 0 Å². The first-order chi connectivity index (χ1) is 13.8. The summed E-state index contributed by atoms with van der Waals surface area (Å²) in [4.78, 5) is 0.